The van der Waals surface area contributed by atoms with E-state index >= 15 is 0 Å². The molecule has 0 amide bonds. The van der Waals surface area contributed by atoms with Crippen molar-refractivity contribution in [2.45, 2.75) is 6.54 Å². The molecule has 2 rings (SSSR count). The second-order valence-electron chi connectivity index (χ2n) is 5.34. The van der Waals surface area contributed by atoms with Crippen molar-refractivity contribution in [2.75, 3.05) is 28.4 Å². The zero-order valence-electron chi connectivity index (χ0n) is 15.4. The molecule has 138 valence electrons. The van der Waals surface area contributed by atoms with Gasteiger partial charge in [0.15, 0.2) is 17.3 Å². The summed E-state index contributed by atoms with van der Waals surface area (Å²) in [6.07, 6.45) is 3.08. The number of hydrogen-bond acceptors (Lipinski definition) is 6. The Hall–Kier alpha value is -3.15. The van der Waals surface area contributed by atoms with Crippen LogP contribution in [-0.4, -0.2) is 34.2 Å². The fourth-order valence-corrected chi connectivity index (χ4v) is 2.37. The quantitative estimate of drug-likeness (QED) is 0.549. The molecule has 0 aromatic heterocycles. The molecule has 0 aliphatic carbocycles. The van der Waals surface area contributed by atoms with E-state index in [9.17, 15) is 4.79 Å². The van der Waals surface area contributed by atoms with Crippen molar-refractivity contribution in [3.05, 3.63) is 59.8 Å². The number of nitrogens with one attached hydrogen (secondary N) is 1. The van der Waals surface area contributed by atoms with E-state index in [0.29, 0.717) is 29.4 Å². The lowest BCUT2D eigenvalue weighted by Gasteiger charge is -2.13. The average Bonchev–Trinajstić information content (AvgIpc) is 2.70. The van der Waals surface area contributed by atoms with Crippen LogP contribution in [0.25, 0.3) is 0 Å². The number of allylic oxidation sites excluding steroid dienone is 1. The fraction of sp³-hybridized carbons (Fsp3) is 0.250. The molecule has 0 atom stereocenters. The Labute approximate surface area is 153 Å². The Kier molecular flexibility index (Phi) is 6.91. The third-order valence-corrected chi connectivity index (χ3v) is 3.77. The summed E-state index contributed by atoms with van der Waals surface area (Å²) in [5.74, 6) is 1.96. The molecule has 0 saturated heterocycles. The van der Waals surface area contributed by atoms with E-state index in [2.05, 4.69) is 5.32 Å². The minimum absolute atomic E-state index is 0.175. The Balaban J connectivity index is 2.03. The maximum atomic E-state index is 12.4. The second-order valence-corrected chi connectivity index (χ2v) is 5.34. The molecule has 2 aromatic carbocycles. The predicted octanol–water partition coefficient (Wildman–Crippen LogP) is 3.21. The summed E-state index contributed by atoms with van der Waals surface area (Å²) in [5, 5.41) is 3.09. The zero-order valence-corrected chi connectivity index (χ0v) is 15.4. The molecule has 0 aliphatic rings. The van der Waals surface area contributed by atoms with Gasteiger partial charge < -0.3 is 24.3 Å². The molecular formula is C20H23NO5. The van der Waals surface area contributed by atoms with Crippen molar-refractivity contribution in [3.63, 3.8) is 0 Å². The van der Waals surface area contributed by atoms with Crippen molar-refractivity contribution < 1.29 is 23.7 Å². The predicted molar refractivity (Wildman–Crippen MR) is 99.4 cm³/mol. The van der Waals surface area contributed by atoms with Gasteiger partial charge in [-0.2, -0.15) is 0 Å². The van der Waals surface area contributed by atoms with E-state index < -0.39 is 0 Å². The molecule has 0 radical (unpaired) electrons. The average molecular weight is 357 g/mol. The molecule has 0 fully saturated rings. The number of methoxy groups -OCH3 is 4. The molecule has 0 aliphatic heterocycles. The summed E-state index contributed by atoms with van der Waals surface area (Å²) in [7, 11) is 6.17. The normalized spacial score (nSPS) is 10.5. The molecule has 6 heteroatoms. The number of carbonyl (C=O) groups excluding carboxylic acids is 1. The van der Waals surface area contributed by atoms with Crippen LogP contribution in [0.3, 0.4) is 0 Å². The fourth-order valence-electron chi connectivity index (χ4n) is 2.37. The summed E-state index contributed by atoms with van der Waals surface area (Å²) in [5.41, 5.74) is 1.53. The highest BCUT2D eigenvalue weighted by Crippen LogP contribution is 2.38. The van der Waals surface area contributed by atoms with Crippen molar-refractivity contribution in [3.8, 4) is 23.0 Å². The SMILES string of the molecule is COc1ccc(CN/C=C/C(=O)c2cc(OC)c(OC)c(OC)c2)cc1. The van der Waals surface area contributed by atoms with Gasteiger partial charge in [0, 0.05) is 24.4 Å². The smallest absolute Gasteiger partial charge is 0.203 e. The maximum absolute atomic E-state index is 12.4. The van der Waals surface area contributed by atoms with Gasteiger partial charge in [-0.25, -0.2) is 0 Å². The van der Waals surface area contributed by atoms with Crippen molar-refractivity contribution in [2.24, 2.45) is 0 Å². The first-order chi connectivity index (χ1) is 12.6. The number of carbonyl (C=O) groups is 1. The zero-order chi connectivity index (χ0) is 18.9. The topological polar surface area (TPSA) is 66.0 Å². The van der Waals surface area contributed by atoms with Crippen molar-refractivity contribution in [1.29, 1.82) is 0 Å². The highest BCUT2D eigenvalue weighted by Gasteiger charge is 2.15. The molecule has 6 nitrogen and oxygen atoms in total. The minimum atomic E-state index is -0.175. The van der Waals surface area contributed by atoms with Crippen LogP contribution in [0.4, 0.5) is 0 Å². The molecule has 26 heavy (non-hydrogen) atoms. The standard InChI is InChI=1S/C20H23NO5/c1-23-16-7-5-14(6-8-16)13-21-10-9-17(22)15-11-18(24-2)20(26-4)19(12-15)25-3/h5-12,21H,13H2,1-4H3/b10-9+. The monoisotopic (exact) mass is 357 g/mol. The Bertz CT molecular complexity index is 743. The van der Waals surface area contributed by atoms with Gasteiger partial charge >= 0.3 is 0 Å². The van der Waals surface area contributed by atoms with Crippen LogP contribution < -0.4 is 24.3 Å². The van der Waals surface area contributed by atoms with Crippen LogP contribution >= 0.6 is 0 Å². The summed E-state index contributed by atoms with van der Waals surface area (Å²) < 4.78 is 20.9. The highest BCUT2D eigenvalue weighted by molar-refractivity contribution is 6.05. The molecular weight excluding hydrogens is 334 g/mol. The Morgan fingerprint density at radius 2 is 1.54 bits per heavy atom. The number of ether oxygens (including phenoxy) is 4. The third kappa shape index (κ3) is 4.69. The maximum Gasteiger partial charge on any atom is 0.203 e. The summed E-state index contributed by atoms with van der Waals surface area (Å²) >= 11 is 0. The lowest BCUT2D eigenvalue weighted by Crippen LogP contribution is -2.06. The van der Waals surface area contributed by atoms with E-state index in [1.807, 2.05) is 24.3 Å². The van der Waals surface area contributed by atoms with E-state index in [0.717, 1.165) is 11.3 Å². The van der Waals surface area contributed by atoms with Gasteiger partial charge in [0.25, 0.3) is 0 Å². The molecule has 0 saturated carbocycles. The van der Waals surface area contributed by atoms with E-state index in [1.165, 1.54) is 27.4 Å². The number of hydrogen-bond donors (Lipinski definition) is 1. The lowest BCUT2D eigenvalue weighted by molar-refractivity contribution is 0.104. The van der Waals surface area contributed by atoms with Gasteiger partial charge in [0.2, 0.25) is 5.75 Å². The van der Waals surface area contributed by atoms with E-state index in [-0.39, 0.29) is 5.78 Å². The first kappa shape index (κ1) is 19.2. The summed E-state index contributed by atoms with van der Waals surface area (Å²) in [4.78, 5) is 12.4. The van der Waals surface area contributed by atoms with Crippen LogP contribution in [0.15, 0.2) is 48.7 Å². The number of ketones is 1. The Morgan fingerprint density at radius 3 is 2.04 bits per heavy atom. The van der Waals surface area contributed by atoms with Gasteiger partial charge in [0.1, 0.15) is 5.75 Å². The molecule has 0 heterocycles. The van der Waals surface area contributed by atoms with Crippen LogP contribution in [0.1, 0.15) is 15.9 Å². The van der Waals surface area contributed by atoms with Gasteiger partial charge in [0.05, 0.1) is 28.4 Å². The van der Waals surface area contributed by atoms with Crippen molar-refractivity contribution >= 4 is 5.78 Å². The van der Waals surface area contributed by atoms with Crippen LogP contribution in [0, 0.1) is 0 Å². The molecule has 0 unspecified atom stereocenters. The first-order valence-electron chi connectivity index (χ1n) is 8.00. The largest absolute Gasteiger partial charge is 0.497 e. The Morgan fingerprint density at radius 1 is 0.923 bits per heavy atom. The first-order valence-corrected chi connectivity index (χ1v) is 8.00. The third-order valence-electron chi connectivity index (χ3n) is 3.77. The molecule has 1 N–H and O–H groups in total. The van der Waals surface area contributed by atoms with Gasteiger partial charge in [-0.15, -0.1) is 0 Å². The van der Waals surface area contributed by atoms with E-state index in [4.69, 9.17) is 18.9 Å². The van der Waals surface area contributed by atoms with Crippen LogP contribution in [0.2, 0.25) is 0 Å². The molecule has 0 bridgehead atoms. The van der Waals surface area contributed by atoms with Gasteiger partial charge in [-0.1, -0.05) is 12.1 Å². The van der Waals surface area contributed by atoms with Crippen LogP contribution in [0.5, 0.6) is 23.0 Å². The minimum Gasteiger partial charge on any atom is -0.497 e. The molecule has 0 spiro atoms. The van der Waals surface area contributed by atoms with Crippen molar-refractivity contribution in [1.82, 2.24) is 5.32 Å². The summed E-state index contributed by atoms with van der Waals surface area (Å²) in [6.45, 7) is 0.600. The van der Waals surface area contributed by atoms with E-state index in [1.54, 1.807) is 25.4 Å². The van der Waals surface area contributed by atoms with Gasteiger partial charge in [-0.3, -0.25) is 4.79 Å². The number of benzene rings is 2. The highest BCUT2D eigenvalue weighted by atomic mass is 16.5. The van der Waals surface area contributed by atoms with Gasteiger partial charge in [-0.05, 0) is 29.8 Å². The lowest BCUT2D eigenvalue weighted by atomic mass is 10.1. The molecule has 2 aromatic rings. The number of rotatable bonds is 9. The summed E-state index contributed by atoms with van der Waals surface area (Å²) in [6, 6.07) is 10.9. The second kappa shape index (κ2) is 9.36. The van der Waals surface area contributed by atoms with Crippen LogP contribution in [-0.2, 0) is 6.54 Å².